The van der Waals surface area contributed by atoms with E-state index in [4.69, 9.17) is 0 Å². The summed E-state index contributed by atoms with van der Waals surface area (Å²) in [4.78, 5) is 12.3. The van der Waals surface area contributed by atoms with E-state index in [1.807, 2.05) is 59.8 Å². The third kappa shape index (κ3) is 2.73. The number of nitrogens with zero attached hydrogens (tertiary/aromatic N) is 2. The van der Waals surface area contributed by atoms with Crippen molar-refractivity contribution in [3.05, 3.63) is 54.6 Å². The molecule has 4 heteroatoms. The second-order valence-corrected chi connectivity index (χ2v) is 4.30. The first kappa shape index (κ1) is 13.1. The SMILES string of the molecule is C=Cc1ccc(NC(=O)c2n(CC)cc[n+]2C)cc1. The van der Waals surface area contributed by atoms with Crippen molar-refractivity contribution in [1.29, 1.82) is 0 Å². The Bertz CT molecular complexity index is 596. The summed E-state index contributed by atoms with van der Waals surface area (Å²) in [5.41, 5.74) is 1.81. The zero-order chi connectivity index (χ0) is 13.8. The lowest BCUT2D eigenvalue weighted by Crippen LogP contribution is -2.37. The summed E-state index contributed by atoms with van der Waals surface area (Å²) in [5.74, 6) is 0.524. The van der Waals surface area contributed by atoms with Gasteiger partial charge in [-0.15, -0.1) is 0 Å². The van der Waals surface area contributed by atoms with Gasteiger partial charge >= 0.3 is 11.7 Å². The molecule has 1 aromatic heterocycles. The molecule has 0 spiro atoms. The van der Waals surface area contributed by atoms with Crippen LogP contribution in [0.3, 0.4) is 0 Å². The lowest BCUT2D eigenvalue weighted by Gasteiger charge is -2.04. The van der Waals surface area contributed by atoms with E-state index in [9.17, 15) is 4.79 Å². The lowest BCUT2D eigenvalue weighted by atomic mass is 10.2. The molecular formula is C15H18N3O+. The van der Waals surface area contributed by atoms with Gasteiger partial charge in [0.15, 0.2) is 0 Å². The van der Waals surface area contributed by atoms with E-state index in [-0.39, 0.29) is 5.91 Å². The van der Waals surface area contributed by atoms with Crippen molar-refractivity contribution < 1.29 is 9.36 Å². The Hall–Kier alpha value is -2.36. The number of hydrogen-bond acceptors (Lipinski definition) is 1. The number of imidazole rings is 1. The molecule has 98 valence electrons. The summed E-state index contributed by atoms with van der Waals surface area (Å²) in [6.45, 7) is 6.47. The number of aryl methyl sites for hydroxylation is 2. The molecule has 1 aromatic carbocycles. The van der Waals surface area contributed by atoms with Crippen molar-refractivity contribution in [2.24, 2.45) is 7.05 Å². The fraction of sp³-hybridized carbons (Fsp3) is 0.200. The molecule has 0 aliphatic heterocycles. The Morgan fingerprint density at radius 1 is 1.42 bits per heavy atom. The van der Waals surface area contributed by atoms with Gasteiger partial charge in [-0.1, -0.05) is 24.8 Å². The van der Waals surface area contributed by atoms with Gasteiger partial charge in [0.05, 0.1) is 13.6 Å². The molecule has 1 N–H and O–H groups in total. The molecule has 19 heavy (non-hydrogen) atoms. The number of carbonyl (C=O) groups excluding carboxylic acids is 1. The highest BCUT2D eigenvalue weighted by molar-refractivity contribution is 6.00. The normalized spacial score (nSPS) is 10.2. The molecule has 0 bridgehead atoms. The maximum Gasteiger partial charge on any atom is 0.348 e. The molecule has 0 unspecified atom stereocenters. The zero-order valence-electron chi connectivity index (χ0n) is 11.3. The number of aromatic nitrogens is 2. The van der Waals surface area contributed by atoms with Crippen molar-refractivity contribution in [2.45, 2.75) is 13.5 Å². The lowest BCUT2D eigenvalue weighted by molar-refractivity contribution is -0.672. The maximum atomic E-state index is 12.3. The number of nitrogens with one attached hydrogen (secondary N) is 1. The smallest absolute Gasteiger partial charge is 0.315 e. The molecule has 0 aliphatic carbocycles. The van der Waals surface area contributed by atoms with Gasteiger partial charge in [-0.3, -0.25) is 4.79 Å². The minimum absolute atomic E-state index is 0.110. The molecule has 2 aromatic rings. The number of benzene rings is 1. The van der Waals surface area contributed by atoms with Crippen LogP contribution < -0.4 is 9.88 Å². The predicted octanol–water partition coefficient (Wildman–Crippen LogP) is 2.23. The first-order valence-electron chi connectivity index (χ1n) is 6.24. The van der Waals surface area contributed by atoms with Crippen molar-refractivity contribution in [3.8, 4) is 0 Å². The molecule has 0 fully saturated rings. The van der Waals surface area contributed by atoms with E-state index in [2.05, 4.69) is 11.9 Å². The molecule has 1 amide bonds. The van der Waals surface area contributed by atoms with Crippen LogP contribution in [0, 0.1) is 0 Å². The Balaban J connectivity index is 2.20. The van der Waals surface area contributed by atoms with Crippen LogP contribution >= 0.6 is 0 Å². The monoisotopic (exact) mass is 256 g/mol. The average molecular weight is 256 g/mol. The first-order chi connectivity index (χ1) is 9.15. The van der Waals surface area contributed by atoms with Crippen molar-refractivity contribution >= 4 is 17.7 Å². The van der Waals surface area contributed by atoms with Crippen molar-refractivity contribution in [1.82, 2.24) is 4.57 Å². The topological polar surface area (TPSA) is 37.9 Å². The molecule has 0 saturated heterocycles. The standard InChI is InChI=1S/C15H17N3O/c1-4-12-6-8-13(9-7-12)16-14(19)15-17(3)10-11-18(15)5-2/h4,6-11H,1,5H2,2-3H3/p+1. The van der Waals surface area contributed by atoms with Gasteiger partial charge in [-0.05, 0) is 24.6 Å². The Morgan fingerprint density at radius 3 is 2.68 bits per heavy atom. The highest BCUT2D eigenvalue weighted by Crippen LogP contribution is 2.11. The second kappa shape index (κ2) is 5.52. The van der Waals surface area contributed by atoms with Gasteiger partial charge in [-0.25, -0.2) is 9.13 Å². The van der Waals surface area contributed by atoms with Gasteiger partial charge < -0.3 is 5.32 Å². The number of anilines is 1. The molecule has 4 nitrogen and oxygen atoms in total. The highest BCUT2D eigenvalue weighted by atomic mass is 16.2. The van der Waals surface area contributed by atoms with Gasteiger partial charge in [0.2, 0.25) is 0 Å². The fourth-order valence-electron chi connectivity index (χ4n) is 1.96. The summed E-state index contributed by atoms with van der Waals surface area (Å²) in [6.07, 6.45) is 5.54. The van der Waals surface area contributed by atoms with Crippen LogP contribution in [0.1, 0.15) is 23.1 Å². The van der Waals surface area contributed by atoms with E-state index in [0.29, 0.717) is 5.82 Å². The van der Waals surface area contributed by atoms with Crippen LogP contribution in [0.25, 0.3) is 6.08 Å². The fourth-order valence-corrected chi connectivity index (χ4v) is 1.96. The third-order valence-corrected chi connectivity index (χ3v) is 3.02. The molecular weight excluding hydrogens is 238 g/mol. The summed E-state index contributed by atoms with van der Waals surface area (Å²) in [6, 6.07) is 7.57. The van der Waals surface area contributed by atoms with Crippen molar-refractivity contribution in [3.63, 3.8) is 0 Å². The van der Waals surface area contributed by atoms with E-state index >= 15 is 0 Å². The summed E-state index contributed by atoms with van der Waals surface area (Å²) >= 11 is 0. The molecule has 1 heterocycles. The number of hydrogen-bond donors (Lipinski definition) is 1. The third-order valence-electron chi connectivity index (χ3n) is 3.02. The van der Waals surface area contributed by atoms with Gasteiger partial charge in [-0.2, -0.15) is 0 Å². The second-order valence-electron chi connectivity index (χ2n) is 4.30. The van der Waals surface area contributed by atoms with Gasteiger partial charge in [0.25, 0.3) is 0 Å². The van der Waals surface area contributed by atoms with E-state index < -0.39 is 0 Å². The highest BCUT2D eigenvalue weighted by Gasteiger charge is 2.22. The molecule has 0 atom stereocenters. The predicted molar refractivity (Wildman–Crippen MR) is 75.8 cm³/mol. The molecule has 2 rings (SSSR count). The quantitative estimate of drug-likeness (QED) is 0.837. The van der Waals surface area contributed by atoms with E-state index in [1.165, 1.54) is 0 Å². The summed E-state index contributed by atoms with van der Waals surface area (Å²) in [5, 5.41) is 2.90. The largest absolute Gasteiger partial charge is 0.348 e. The van der Waals surface area contributed by atoms with E-state index in [0.717, 1.165) is 17.8 Å². The van der Waals surface area contributed by atoms with Gasteiger partial charge in [0.1, 0.15) is 12.4 Å². The molecule has 0 aliphatic rings. The Morgan fingerprint density at radius 2 is 2.11 bits per heavy atom. The Kier molecular flexibility index (Phi) is 3.80. The molecule has 0 radical (unpaired) electrons. The van der Waals surface area contributed by atoms with Crippen LogP contribution in [0.15, 0.2) is 43.2 Å². The van der Waals surface area contributed by atoms with Crippen LogP contribution in [0.4, 0.5) is 5.69 Å². The average Bonchev–Trinajstić information content (AvgIpc) is 2.80. The minimum Gasteiger partial charge on any atom is -0.315 e. The summed E-state index contributed by atoms with van der Waals surface area (Å²) < 4.78 is 3.73. The van der Waals surface area contributed by atoms with Crippen molar-refractivity contribution in [2.75, 3.05) is 5.32 Å². The van der Waals surface area contributed by atoms with Gasteiger partial charge in [0, 0.05) is 5.69 Å². The van der Waals surface area contributed by atoms with Crippen LogP contribution in [0.2, 0.25) is 0 Å². The first-order valence-corrected chi connectivity index (χ1v) is 6.24. The number of carbonyl (C=O) groups is 1. The Labute approximate surface area is 113 Å². The zero-order valence-corrected chi connectivity index (χ0v) is 11.3. The minimum atomic E-state index is -0.110. The van der Waals surface area contributed by atoms with Crippen LogP contribution in [0.5, 0.6) is 0 Å². The number of rotatable bonds is 4. The van der Waals surface area contributed by atoms with Crippen LogP contribution in [-0.2, 0) is 13.6 Å². The van der Waals surface area contributed by atoms with Crippen LogP contribution in [-0.4, -0.2) is 10.5 Å². The number of amides is 1. The van der Waals surface area contributed by atoms with E-state index in [1.54, 1.807) is 6.08 Å². The molecule has 0 saturated carbocycles. The summed E-state index contributed by atoms with van der Waals surface area (Å²) in [7, 11) is 1.86. The maximum absolute atomic E-state index is 12.3.